The predicted molar refractivity (Wildman–Crippen MR) is 125 cm³/mol. The Morgan fingerprint density at radius 1 is 1.30 bits per heavy atom. The van der Waals surface area contributed by atoms with Crippen molar-refractivity contribution in [2.24, 2.45) is 0 Å². The standard InChI is InChI=1S/C21H21IN2O4S2/c1-30(27,28)17-12-23-11-16-19(17)21(29-15-6-4-13(10-22)5-7-15)20-14(9-18(25)26)3-2-8-24(16)20/h4-7,11-12,14H,2-3,8-10H2,1H3,(H,25,26). The summed E-state index contributed by atoms with van der Waals surface area (Å²) in [6, 6.07) is 8.19. The van der Waals surface area contributed by atoms with Gasteiger partial charge in [-0.1, -0.05) is 46.5 Å². The van der Waals surface area contributed by atoms with Crippen molar-refractivity contribution in [3.8, 4) is 0 Å². The van der Waals surface area contributed by atoms with E-state index in [1.54, 1.807) is 6.20 Å². The first-order chi connectivity index (χ1) is 14.3. The molecule has 0 aliphatic carbocycles. The summed E-state index contributed by atoms with van der Waals surface area (Å²) in [7, 11) is -3.50. The molecule has 1 aliphatic heterocycles. The number of carbonyl (C=O) groups is 1. The third-order valence-electron chi connectivity index (χ3n) is 5.37. The molecule has 158 valence electrons. The number of rotatable bonds is 6. The van der Waals surface area contributed by atoms with Crippen LogP contribution < -0.4 is 0 Å². The van der Waals surface area contributed by atoms with E-state index in [0.717, 1.165) is 44.8 Å². The molecule has 0 amide bonds. The molecule has 3 aromatic rings. The Hall–Kier alpha value is -1.59. The summed E-state index contributed by atoms with van der Waals surface area (Å²) >= 11 is 3.82. The van der Waals surface area contributed by atoms with Gasteiger partial charge in [-0.25, -0.2) is 8.42 Å². The molecule has 6 nitrogen and oxygen atoms in total. The normalized spacial score (nSPS) is 16.5. The lowest BCUT2D eigenvalue weighted by Crippen LogP contribution is -2.18. The molecule has 0 bridgehead atoms. The lowest BCUT2D eigenvalue weighted by Gasteiger charge is -2.25. The first-order valence-corrected chi connectivity index (χ1v) is 13.8. The van der Waals surface area contributed by atoms with E-state index in [1.807, 2.05) is 12.1 Å². The van der Waals surface area contributed by atoms with Crippen LogP contribution in [0.1, 0.15) is 36.4 Å². The number of halogens is 1. The summed E-state index contributed by atoms with van der Waals surface area (Å²) < 4.78 is 28.1. The van der Waals surface area contributed by atoms with Gasteiger partial charge in [0.2, 0.25) is 0 Å². The number of aromatic nitrogens is 2. The summed E-state index contributed by atoms with van der Waals surface area (Å²) in [4.78, 5) is 17.7. The number of carboxylic acid groups (broad SMARTS) is 1. The van der Waals surface area contributed by atoms with E-state index in [4.69, 9.17) is 0 Å². The van der Waals surface area contributed by atoms with Crippen molar-refractivity contribution in [1.29, 1.82) is 0 Å². The zero-order valence-electron chi connectivity index (χ0n) is 16.3. The summed E-state index contributed by atoms with van der Waals surface area (Å²) in [5.41, 5.74) is 2.89. The predicted octanol–water partition coefficient (Wildman–Crippen LogP) is 4.88. The van der Waals surface area contributed by atoms with E-state index in [0.29, 0.717) is 5.39 Å². The Kier molecular flexibility index (Phi) is 6.13. The molecule has 0 radical (unpaired) electrons. The monoisotopic (exact) mass is 556 g/mol. The van der Waals surface area contributed by atoms with Crippen LogP contribution in [-0.4, -0.2) is 35.3 Å². The molecular formula is C21H21IN2O4S2. The van der Waals surface area contributed by atoms with Gasteiger partial charge in [-0.15, -0.1) is 0 Å². The van der Waals surface area contributed by atoms with Gasteiger partial charge in [0.25, 0.3) is 0 Å². The molecule has 1 N–H and O–H groups in total. The average molecular weight is 556 g/mol. The number of aryl methyl sites for hydroxylation is 1. The quantitative estimate of drug-likeness (QED) is 0.344. The van der Waals surface area contributed by atoms with Crippen LogP contribution in [0, 0.1) is 0 Å². The number of alkyl halides is 1. The minimum atomic E-state index is -3.50. The summed E-state index contributed by atoms with van der Waals surface area (Å²) in [5, 5.41) is 10.1. The maximum atomic E-state index is 12.6. The number of carboxylic acids is 1. The van der Waals surface area contributed by atoms with Gasteiger partial charge in [-0.05, 0) is 30.5 Å². The Balaban J connectivity index is 1.98. The zero-order valence-corrected chi connectivity index (χ0v) is 20.1. The number of sulfone groups is 1. The highest BCUT2D eigenvalue weighted by atomic mass is 127. The van der Waals surface area contributed by atoms with E-state index < -0.39 is 15.8 Å². The highest BCUT2D eigenvalue weighted by Gasteiger charge is 2.32. The fourth-order valence-electron chi connectivity index (χ4n) is 4.08. The maximum absolute atomic E-state index is 12.6. The molecular weight excluding hydrogens is 535 g/mol. The van der Waals surface area contributed by atoms with Crippen LogP contribution in [0.15, 0.2) is 51.3 Å². The third kappa shape index (κ3) is 4.11. The SMILES string of the molecule is CS(=O)(=O)c1cncc2c1c(Sc1ccc(CI)cc1)c1n2CCCC1CC(=O)O. The average Bonchev–Trinajstić information content (AvgIpc) is 3.02. The molecule has 1 unspecified atom stereocenters. The van der Waals surface area contributed by atoms with Crippen molar-refractivity contribution in [1.82, 2.24) is 9.55 Å². The fourth-order valence-corrected chi connectivity index (χ4v) is 6.69. The van der Waals surface area contributed by atoms with Crippen LogP contribution in [0.25, 0.3) is 10.9 Å². The number of benzene rings is 1. The lowest BCUT2D eigenvalue weighted by atomic mass is 9.93. The minimum Gasteiger partial charge on any atom is -0.481 e. The smallest absolute Gasteiger partial charge is 0.304 e. The van der Waals surface area contributed by atoms with E-state index in [9.17, 15) is 18.3 Å². The second-order valence-corrected chi connectivity index (χ2v) is 11.3. The molecule has 4 rings (SSSR count). The number of hydrogen-bond acceptors (Lipinski definition) is 5. The van der Waals surface area contributed by atoms with Crippen LogP contribution in [0.2, 0.25) is 0 Å². The van der Waals surface area contributed by atoms with Crippen LogP contribution in [-0.2, 0) is 25.6 Å². The molecule has 1 atom stereocenters. The molecule has 0 spiro atoms. The van der Waals surface area contributed by atoms with Gasteiger partial charge in [0, 0.05) is 50.2 Å². The number of aliphatic carboxylic acids is 1. The van der Waals surface area contributed by atoms with Crippen molar-refractivity contribution < 1.29 is 18.3 Å². The van der Waals surface area contributed by atoms with Gasteiger partial charge >= 0.3 is 5.97 Å². The van der Waals surface area contributed by atoms with Gasteiger partial charge in [0.15, 0.2) is 9.84 Å². The van der Waals surface area contributed by atoms with Crippen LogP contribution in [0.4, 0.5) is 0 Å². The maximum Gasteiger partial charge on any atom is 0.304 e. The molecule has 1 aromatic carbocycles. The zero-order chi connectivity index (χ0) is 21.5. The molecule has 1 aliphatic rings. The topological polar surface area (TPSA) is 89.3 Å². The van der Waals surface area contributed by atoms with E-state index >= 15 is 0 Å². The van der Waals surface area contributed by atoms with Crippen LogP contribution in [0.3, 0.4) is 0 Å². The molecule has 30 heavy (non-hydrogen) atoms. The number of pyridine rings is 1. The summed E-state index contributed by atoms with van der Waals surface area (Å²) in [6.45, 7) is 0.727. The molecule has 9 heteroatoms. The third-order valence-corrected chi connectivity index (χ3v) is 8.49. The van der Waals surface area contributed by atoms with Gasteiger partial charge in [0.1, 0.15) is 0 Å². The second-order valence-electron chi connectivity index (χ2n) is 7.49. The molecule has 3 heterocycles. The Labute approximate surface area is 193 Å². The van der Waals surface area contributed by atoms with Crippen molar-refractivity contribution in [2.75, 3.05) is 6.26 Å². The number of fused-ring (bicyclic) bond motifs is 3. The van der Waals surface area contributed by atoms with Gasteiger partial charge in [-0.3, -0.25) is 9.78 Å². The van der Waals surface area contributed by atoms with Crippen molar-refractivity contribution in [3.63, 3.8) is 0 Å². The van der Waals surface area contributed by atoms with Crippen LogP contribution in [0.5, 0.6) is 0 Å². The largest absolute Gasteiger partial charge is 0.481 e. The van der Waals surface area contributed by atoms with E-state index in [2.05, 4.69) is 44.3 Å². The van der Waals surface area contributed by atoms with Crippen molar-refractivity contribution >= 4 is 61.1 Å². The van der Waals surface area contributed by atoms with Crippen molar-refractivity contribution in [2.45, 2.75) is 50.8 Å². The van der Waals surface area contributed by atoms with Gasteiger partial charge in [-0.2, -0.15) is 0 Å². The number of nitrogens with zero attached hydrogens (tertiary/aromatic N) is 2. The van der Waals surface area contributed by atoms with E-state index in [1.165, 1.54) is 29.8 Å². The molecule has 0 saturated carbocycles. The molecule has 0 saturated heterocycles. The highest BCUT2D eigenvalue weighted by Crippen LogP contribution is 2.47. The molecule has 2 aromatic heterocycles. The highest BCUT2D eigenvalue weighted by molar-refractivity contribution is 14.1. The first-order valence-electron chi connectivity index (χ1n) is 9.54. The summed E-state index contributed by atoms with van der Waals surface area (Å²) in [6.07, 6.45) is 5.94. The van der Waals surface area contributed by atoms with Crippen molar-refractivity contribution in [3.05, 3.63) is 47.9 Å². The second kappa shape index (κ2) is 8.51. The summed E-state index contributed by atoms with van der Waals surface area (Å²) in [5.74, 6) is -1.00. The van der Waals surface area contributed by atoms with E-state index in [-0.39, 0.29) is 17.2 Å². The lowest BCUT2D eigenvalue weighted by molar-refractivity contribution is -0.137. The number of hydrogen-bond donors (Lipinski definition) is 1. The fraction of sp³-hybridized carbons (Fsp3) is 0.333. The van der Waals surface area contributed by atoms with Crippen LogP contribution >= 0.6 is 34.4 Å². The Bertz CT molecular complexity index is 1220. The Morgan fingerprint density at radius 3 is 2.67 bits per heavy atom. The molecule has 0 fully saturated rings. The van der Waals surface area contributed by atoms with Gasteiger partial charge in [0.05, 0.1) is 23.0 Å². The first kappa shape index (κ1) is 21.6. The Morgan fingerprint density at radius 2 is 2.03 bits per heavy atom. The minimum absolute atomic E-state index is 0.0271. The van der Waals surface area contributed by atoms with Gasteiger partial charge < -0.3 is 9.67 Å².